The van der Waals surface area contributed by atoms with Crippen LogP contribution < -0.4 is 9.47 Å². The molecule has 0 aliphatic carbocycles. The first-order valence-electron chi connectivity index (χ1n) is 15.4. The molecule has 0 aliphatic rings. The molecule has 5 aromatic rings. The Morgan fingerprint density at radius 1 is 0.489 bits per heavy atom. The molecule has 0 bridgehead atoms. The second kappa shape index (κ2) is 12.3. The topological polar surface area (TPSA) is 55.8 Å². The van der Waals surface area contributed by atoms with Crippen molar-refractivity contribution in [3.8, 4) is 23.0 Å². The molecule has 0 radical (unpaired) electrons. The molecule has 5 rings (SSSR count). The molecule has 4 nitrogen and oxygen atoms in total. The maximum Gasteiger partial charge on any atom is 0.193 e. The Labute approximate surface area is 267 Å². The van der Waals surface area contributed by atoms with Crippen LogP contribution in [-0.4, -0.2) is 16.5 Å². The molecule has 0 saturated carbocycles. The summed E-state index contributed by atoms with van der Waals surface area (Å²) in [5.74, 6) is 2.37. The zero-order chi connectivity index (χ0) is 32.4. The maximum atomic E-state index is 13.1. The van der Waals surface area contributed by atoms with Crippen molar-refractivity contribution in [2.45, 2.75) is 64.9 Å². The van der Waals surface area contributed by atoms with Crippen LogP contribution in [-0.2, 0) is 10.8 Å². The molecule has 0 fully saturated rings. The van der Waals surface area contributed by atoms with E-state index in [0.717, 1.165) is 22.4 Å². The Balaban J connectivity index is 1.36. The van der Waals surface area contributed by atoms with Crippen molar-refractivity contribution in [2.75, 3.05) is 0 Å². The normalized spacial score (nSPS) is 13.1. The van der Waals surface area contributed by atoms with Gasteiger partial charge in [-0.2, -0.15) is 0 Å². The first-order valence-corrected chi connectivity index (χ1v) is 15.4. The Morgan fingerprint density at radius 3 is 1.27 bits per heavy atom. The monoisotopic (exact) mass is 598 g/mol. The predicted molar refractivity (Wildman–Crippen MR) is 182 cm³/mol. The highest BCUT2D eigenvalue weighted by Gasteiger charge is 2.31. The number of benzene rings is 5. The lowest BCUT2D eigenvalue weighted by atomic mass is 9.71. The fraction of sp³-hybridized carbons (Fsp3) is 0.244. The van der Waals surface area contributed by atoms with E-state index in [1.165, 1.54) is 5.56 Å². The van der Waals surface area contributed by atoms with Gasteiger partial charge in [-0.1, -0.05) is 81.4 Å². The molecule has 1 N–H and O–H groups in total. The van der Waals surface area contributed by atoms with Gasteiger partial charge in [-0.15, -0.1) is 0 Å². The molecule has 1 unspecified atom stereocenters. The first-order chi connectivity index (χ1) is 21.2. The van der Waals surface area contributed by atoms with E-state index in [1.54, 1.807) is 24.3 Å². The highest BCUT2D eigenvalue weighted by molar-refractivity contribution is 6.09. The standard InChI is InChI=1S/C41H42O4/c1-39(2,3)30-12-8-28(9-13-30)38(43)29-10-22-35(23-11-29)44-36-24-16-32(17-25-36)41(7,31-14-20-34(42)21-15-31)33-18-26-37(27-19-33)45-40(4,5)6/h8-27,42H,1-7H3. The van der Waals surface area contributed by atoms with Gasteiger partial charge in [-0.05, 0) is 116 Å². The van der Waals surface area contributed by atoms with E-state index in [0.29, 0.717) is 22.6 Å². The van der Waals surface area contributed by atoms with Crippen molar-refractivity contribution in [2.24, 2.45) is 0 Å². The summed E-state index contributed by atoms with van der Waals surface area (Å²) in [6, 6.07) is 38.7. The Morgan fingerprint density at radius 2 is 0.844 bits per heavy atom. The molecule has 5 aromatic carbocycles. The Bertz CT molecular complexity index is 1740. The van der Waals surface area contributed by atoms with Crippen LogP contribution in [0.25, 0.3) is 0 Å². The SMILES string of the molecule is CC(C)(C)Oc1ccc(C(C)(c2ccc(O)cc2)c2ccc(Oc3ccc(C(=O)c4ccc(C(C)(C)C)cc4)cc3)cc2)cc1. The summed E-state index contributed by atoms with van der Waals surface area (Å²) >= 11 is 0. The molecule has 0 aliphatic heterocycles. The van der Waals surface area contributed by atoms with Crippen LogP contribution in [0.15, 0.2) is 121 Å². The van der Waals surface area contributed by atoms with Crippen LogP contribution in [0.2, 0.25) is 0 Å². The van der Waals surface area contributed by atoms with E-state index in [4.69, 9.17) is 9.47 Å². The molecule has 230 valence electrons. The van der Waals surface area contributed by atoms with Gasteiger partial charge < -0.3 is 14.6 Å². The summed E-state index contributed by atoms with van der Waals surface area (Å²) in [7, 11) is 0. The van der Waals surface area contributed by atoms with E-state index in [9.17, 15) is 9.90 Å². The first kappa shape index (κ1) is 31.6. The van der Waals surface area contributed by atoms with E-state index in [2.05, 4.69) is 52.0 Å². The molecule has 0 spiro atoms. The third-order valence-corrected chi connectivity index (χ3v) is 8.10. The number of carbonyl (C=O) groups excluding carboxylic acids is 1. The van der Waals surface area contributed by atoms with Crippen molar-refractivity contribution in [1.82, 2.24) is 0 Å². The molecular weight excluding hydrogens is 556 g/mol. The van der Waals surface area contributed by atoms with Gasteiger partial charge in [-0.25, -0.2) is 0 Å². The minimum atomic E-state index is -0.500. The van der Waals surface area contributed by atoms with Gasteiger partial charge in [0.05, 0.1) is 0 Å². The quantitative estimate of drug-likeness (QED) is 0.143. The third-order valence-electron chi connectivity index (χ3n) is 8.10. The van der Waals surface area contributed by atoms with E-state index < -0.39 is 5.41 Å². The fourth-order valence-corrected chi connectivity index (χ4v) is 5.46. The minimum absolute atomic E-state index is 0.0159. The van der Waals surface area contributed by atoms with Crippen molar-refractivity contribution in [1.29, 1.82) is 0 Å². The summed E-state index contributed by atoms with van der Waals surface area (Å²) in [4.78, 5) is 13.1. The summed E-state index contributed by atoms with van der Waals surface area (Å²) in [6.45, 7) is 14.8. The molecule has 0 heterocycles. The van der Waals surface area contributed by atoms with Gasteiger partial charge in [0.1, 0.15) is 28.6 Å². The van der Waals surface area contributed by atoms with Gasteiger partial charge in [0, 0.05) is 16.5 Å². The summed E-state index contributed by atoms with van der Waals surface area (Å²) < 4.78 is 12.2. The van der Waals surface area contributed by atoms with Gasteiger partial charge in [0.25, 0.3) is 0 Å². The predicted octanol–water partition coefficient (Wildman–Crippen LogP) is 10.2. The Hall–Kier alpha value is -4.83. The number of phenolic OH excluding ortho intramolecular Hbond substituents is 1. The van der Waals surface area contributed by atoms with Crippen molar-refractivity contribution in [3.05, 3.63) is 155 Å². The third kappa shape index (κ3) is 7.29. The molecule has 1 atom stereocenters. The average Bonchev–Trinajstić information content (AvgIpc) is 3.01. The van der Waals surface area contributed by atoms with E-state index >= 15 is 0 Å². The van der Waals surface area contributed by atoms with E-state index in [-0.39, 0.29) is 22.5 Å². The van der Waals surface area contributed by atoms with Crippen LogP contribution >= 0.6 is 0 Å². The Kier molecular flexibility index (Phi) is 8.62. The van der Waals surface area contributed by atoms with E-state index in [1.807, 2.05) is 93.6 Å². The van der Waals surface area contributed by atoms with Gasteiger partial charge in [0.15, 0.2) is 5.78 Å². The van der Waals surface area contributed by atoms with Crippen molar-refractivity contribution < 1.29 is 19.4 Å². The van der Waals surface area contributed by atoms with Crippen LogP contribution in [0.4, 0.5) is 0 Å². The number of ketones is 1. The number of hydrogen-bond acceptors (Lipinski definition) is 4. The lowest BCUT2D eigenvalue weighted by molar-refractivity contribution is 0.103. The highest BCUT2D eigenvalue weighted by Crippen LogP contribution is 2.41. The molecule has 45 heavy (non-hydrogen) atoms. The second-order valence-corrected chi connectivity index (χ2v) is 13.7. The van der Waals surface area contributed by atoms with Crippen molar-refractivity contribution in [3.63, 3.8) is 0 Å². The largest absolute Gasteiger partial charge is 0.508 e. The molecule has 4 heteroatoms. The molecular formula is C41H42O4. The zero-order valence-electron chi connectivity index (χ0n) is 27.2. The number of hydrogen-bond donors (Lipinski definition) is 1. The van der Waals surface area contributed by atoms with Crippen molar-refractivity contribution >= 4 is 5.78 Å². The van der Waals surface area contributed by atoms with Gasteiger partial charge in [0.2, 0.25) is 0 Å². The van der Waals surface area contributed by atoms with Gasteiger partial charge in [-0.3, -0.25) is 4.79 Å². The second-order valence-electron chi connectivity index (χ2n) is 13.7. The smallest absolute Gasteiger partial charge is 0.193 e. The average molecular weight is 599 g/mol. The molecule has 0 saturated heterocycles. The number of rotatable bonds is 8. The zero-order valence-corrected chi connectivity index (χ0v) is 27.2. The fourth-order valence-electron chi connectivity index (χ4n) is 5.46. The lowest BCUT2D eigenvalue weighted by Crippen LogP contribution is -2.26. The molecule has 0 aromatic heterocycles. The number of ether oxygens (including phenoxy) is 2. The van der Waals surface area contributed by atoms with Gasteiger partial charge >= 0.3 is 0 Å². The minimum Gasteiger partial charge on any atom is -0.508 e. The van der Waals surface area contributed by atoms with Crippen LogP contribution in [0.3, 0.4) is 0 Å². The molecule has 0 amide bonds. The van der Waals surface area contributed by atoms with Crippen LogP contribution in [0.1, 0.15) is 86.6 Å². The number of aromatic hydroxyl groups is 1. The number of carbonyl (C=O) groups is 1. The number of phenols is 1. The maximum absolute atomic E-state index is 13.1. The van der Waals surface area contributed by atoms with Crippen LogP contribution in [0.5, 0.6) is 23.0 Å². The summed E-state index contributed by atoms with van der Waals surface area (Å²) in [5.41, 5.74) is 4.94. The summed E-state index contributed by atoms with van der Waals surface area (Å²) in [6.07, 6.45) is 0. The summed E-state index contributed by atoms with van der Waals surface area (Å²) in [5, 5.41) is 9.97. The lowest BCUT2D eigenvalue weighted by Gasteiger charge is -2.32. The van der Waals surface area contributed by atoms with Crippen LogP contribution in [0, 0.1) is 0 Å². The highest BCUT2D eigenvalue weighted by atomic mass is 16.5.